The highest BCUT2D eigenvalue weighted by Crippen LogP contribution is 2.46. The van der Waals surface area contributed by atoms with Crippen molar-refractivity contribution in [3.05, 3.63) is 34.4 Å². The van der Waals surface area contributed by atoms with Gasteiger partial charge in [0.1, 0.15) is 6.54 Å². The van der Waals surface area contributed by atoms with Crippen LogP contribution in [0, 0.1) is 32.6 Å². The largest absolute Gasteiger partial charge is 0.354 e. The smallest absolute Gasteiger partial charge is 0.240 e. The van der Waals surface area contributed by atoms with E-state index in [1.165, 1.54) is 22.3 Å². The van der Waals surface area contributed by atoms with Gasteiger partial charge in [0.25, 0.3) is 0 Å². The number of imide groups is 1. The monoisotopic (exact) mass is 314 g/mol. The maximum atomic E-state index is 12.0. The zero-order valence-corrected chi connectivity index (χ0v) is 13.8. The van der Waals surface area contributed by atoms with Gasteiger partial charge in [-0.15, -0.1) is 0 Å². The van der Waals surface area contributed by atoms with E-state index in [9.17, 15) is 14.4 Å². The standard InChI is InChI=1S/C18H22N2O3/c1-10-6-11(2)13(12(3)7-10)4-5-19-16(21)9-20-17(22)14-8-15(14)18(20)23/h6-7,14-15H,4-5,8-9H2,1-3H3,(H,19,21). The first-order valence-electron chi connectivity index (χ1n) is 8.07. The van der Waals surface area contributed by atoms with Crippen LogP contribution in [-0.2, 0) is 20.8 Å². The molecular weight excluding hydrogens is 292 g/mol. The third kappa shape index (κ3) is 3.00. The maximum Gasteiger partial charge on any atom is 0.240 e. The number of amides is 3. The van der Waals surface area contributed by atoms with Crippen LogP contribution in [0.3, 0.4) is 0 Å². The fourth-order valence-corrected chi connectivity index (χ4v) is 3.54. The Morgan fingerprint density at radius 3 is 2.26 bits per heavy atom. The summed E-state index contributed by atoms with van der Waals surface area (Å²) in [5.74, 6) is -0.919. The number of carbonyl (C=O) groups excluding carboxylic acids is 3. The predicted molar refractivity (Wildman–Crippen MR) is 85.7 cm³/mol. The van der Waals surface area contributed by atoms with E-state index in [1.807, 2.05) is 0 Å². The number of rotatable bonds is 5. The zero-order valence-electron chi connectivity index (χ0n) is 13.8. The molecule has 5 nitrogen and oxygen atoms in total. The van der Waals surface area contributed by atoms with Crippen molar-refractivity contribution in [2.45, 2.75) is 33.6 Å². The highest BCUT2D eigenvalue weighted by atomic mass is 16.2. The van der Waals surface area contributed by atoms with Gasteiger partial charge in [0.2, 0.25) is 17.7 Å². The molecule has 0 spiro atoms. The van der Waals surface area contributed by atoms with Crippen LogP contribution >= 0.6 is 0 Å². The number of likely N-dealkylation sites (tertiary alicyclic amines) is 1. The Labute approximate surface area is 136 Å². The van der Waals surface area contributed by atoms with E-state index in [0.717, 1.165) is 11.3 Å². The van der Waals surface area contributed by atoms with Gasteiger partial charge in [0.15, 0.2) is 0 Å². The number of fused-ring (bicyclic) bond motifs is 1. The fraction of sp³-hybridized carbons (Fsp3) is 0.500. The Kier molecular flexibility index (Phi) is 3.96. The number of piperidine rings is 1. The second-order valence-corrected chi connectivity index (χ2v) is 6.69. The molecule has 0 radical (unpaired) electrons. The molecule has 2 unspecified atom stereocenters. The molecule has 0 bridgehead atoms. The van der Waals surface area contributed by atoms with Gasteiger partial charge >= 0.3 is 0 Å². The molecular formula is C18H22N2O3. The van der Waals surface area contributed by atoms with E-state index in [1.54, 1.807) is 0 Å². The molecule has 2 fully saturated rings. The minimum atomic E-state index is -0.268. The minimum Gasteiger partial charge on any atom is -0.354 e. The summed E-state index contributed by atoms with van der Waals surface area (Å²) in [4.78, 5) is 36.7. The van der Waals surface area contributed by atoms with Crippen LogP contribution in [0.2, 0.25) is 0 Å². The van der Waals surface area contributed by atoms with Gasteiger partial charge < -0.3 is 5.32 Å². The molecule has 2 aliphatic rings. The maximum absolute atomic E-state index is 12.0. The van der Waals surface area contributed by atoms with Crippen molar-refractivity contribution < 1.29 is 14.4 Å². The summed E-state index contributed by atoms with van der Waals surface area (Å²) in [6, 6.07) is 4.27. The number of carbonyl (C=O) groups is 3. The van der Waals surface area contributed by atoms with Crippen LogP contribution in [0.1, 0.15) is 28.7 Å². The van der Waals surface area contributed by atoms with Crippen molar-refractivity contribution in [2.75, 3.05) is 13.1 Å². The summed E-state index contributed by atoms with van der Waals surface area (Å²) in [5.41, 5.74) is 4.92. The molecule has 1 saturated heterocycles. The van der Waals surface area contributed by atoms with Crippen molar-refractivity contribution in [2.24, 2.45) is 11.8 Å². The summed E-state index contributed by atoms with van der Waals surface area (Å²) in [7, 11) is 0. The van der Waals surface area contributed by atoms with Gasteiger partial charge in [-0.2, -0.15) is 0 Å². The molecule has 1 aromatic rings. The molecule has 1 aromatic carbocycles. The van der Waals surface area contributed by atoms with E-state index >= 15 is 0 Å². The number of hydrogen-bond acceptors (Lipinski definition) is 3. The molecule has 23 heavy (non-hydrogen) atoms. The van der Waals surface area contributed by atoms with Crippen LogP contribution in [0.5, 0.6) is 0 Å². The van der Waals surface area contributed by atoms with E-state index in [-0.39, 0.29) is 36.1 Å². The minimum absolute atomic E-state index is 0.142. The first-order valence-corrected chi connectivity index (χ1v) is 8.07. The van der Waals surface area contributed by atoms with Crippen molar-refractivity contribution >= 4 is 17.7 Å². The van der Waals surface area contributed by atoms with Crippen molar-refractivity contribution in [1.82, 2.24) is 10.2 Å². The third-order valence-electron chi connectivity index (χ3n) is 4.80. The zero-order chi connectivity index (χ0) is 16.7. The van der Waals surface area contributed by atoms with Gasteiger partial charge in [-0.3, -0.25) is 19.3 Å². The first kappa shape index (κ1) is 15.7. The Hall–Kier alpha value is -2.17. The molecule has 1 saturated carbocycles. The Balaban J connectivity index is 1.50. The van der Waals surface area contributed by atoms with Gasteiger partial charge in [-0.1, -0.05) is 17.7 Å². The van der Waals surface area contributed by atoms with Gasteiger partial charge in [0, 0.05) is 6.54 Å². The molecule has 1 heterocycles. The number of hydrogen-bond donors (Lipinski definition) is 1. The van der Waals surface area contributed by atoms with Crippen LogP contribution in [0.4, 0.5) is 0 Å². The number of nitrogens with zero attached hydrogens (tertiary/aromatic N) is 1. The lowest BCUT2D eigenvalue weighted by atomic mass is 9.97. The highest BCUT2D eigenvalue weighted by Gasteiger charge is 2.58. The fourth-order valence-electron chi connectivity index (χ4n) is 3.54. The third-order valence-corrected chi connectivity index (χ3v) is 4.80. The lowest BCUT2D eigenvalue weighted by Gasteiger charge is -2.16. The quantitative estimate of drug-likeness (QED) is 0.833. The Morgan fingerprint density at radius 2 is 1.70 bits per heavy atom. The normalized spacial score (nSPS) is 22.3. The Bertz CT molecular complexity index is 653. The van der Waals surface area contributed by atoms with Crippen molar-refractivity contribution in [3.63, 3.8) is 0 Å². The lowest BCUT2D eigenvalue weighted by molar-refractivity contribution is -0.144. The topological polar surface area (TPSA) is 66.5 Å². The summed E-state index contributed by atoms with van der Waals surface area (Å²) >= 11 is 0. The van der Waals surface area contributed by atoms with Crippen LogP contribution in [0.25, 0.3) is 0 Å². The molecule has 122 valence electrons. The molecule has 3 amide bonds. The average molecular weight is 314 g/mol. The number of nitrogens with one attached hydrogen (secondary N) is 1. The van der Waals surface area contributed by atoms with Gasteiger partial charge in [-0.25, -0.2) is 0 Å². The van der Waals surface area contributed by atoms with E-state index in [4.69, 9.17) is 0 Å². The lowest BCUT2D eigenvalue weighted by Crippen LogP contribution is -2.42. The predicted octanol–water partition coefficient (Wildman–Crippen LogP) is 1.28. The molecule has 5 heteroatoms. The van der Waals surface area contributed by atoms with E-state index < -0.39 is 0 Å². The molecule has 1 aliphatic carbocycles. The summed E-state index contributed by atoms with van der Waals surface area (Å²) in [6.07, 6.45) is 1.42. The molecule has 1 aliphatic heterocycles. The second kappa shape index (κ2) is 5.80. The first-order chi connectivity index (χ1) is 10.9. The van der Waals surface area contributed by atoms with Crippen molar-refractivity contribution in [1.29, 1.82) is 0 Å². The van der Waals surface area contributed by atoms with Gasteiger partial charge in [0.05, 0.1) is 11.8 Å². The molecule has 2 atom stereocenters. The van der Waals surface area contributed by atoms with Gasteiger partial charge in [-0.05, 0) is 50.3 Å². The number of benzene rings is 1. The number of aryl methyl sites for hydroxylation is 3. The highest BCUT2D eigenvalue weighted by molar-refractivity contribution is 6.10. The van der Waals surface area contributed by atoms with E-state index in [2.05, 4.69) is 38.2 Å². The van der Waals surface area contributed by atoms with Crippen molar-refractivity contribution in [3.8, 4) is 0 Å². The molecule has 0 aromatic heterocycles. The van der Waals surface area contributed by atoms with E-state index in [0.29, 0.717) is 13.0 Å². The SMILES string of the molecule is Cc1cc(C)c(CCNC(=O)CN2C(=O)C3CC3C2=O)c(C)c1. The molecule has 3 rings (SSSR count). The second-order valence-electron chi connectivity index (χ2n) is 6.69. The average Bonchev–Trinajstić information content (AvgIpc) is 3.22. The Morgan fingerprint density at radius 1 is 1.13 bits per heavy atom. The van der Waals surface area contributed by atoms with Crippen LogP contribution in [-0.4, -0.2) is 35.7 Å². The van der Waals surface area contributed by atoms with Crippen LogP contribution < -0.4 is 5.32 Å². The summed E-state index contributed by atoms with van der Waals surface area (Å²) in [6.45, 7) is 6.58. The summed E-state index contributed by atoms with van der Waals surface area (Å²) in [5, 5.41) is 2.81. The molecule has 1 N–H and O–H groups in total. The summed E-state index contributed by atoms with van der Waals surface area (Å²) < 4.78 is 0. The van der Waals surface area contributed by atoms with Crippen LogP contribution in [0.15, 0.2) is 12.1 Å².